The van der Waals surface area contributed by atoms with E-state index in [2.05, 4.69) is 10.6 Å². The quantitative estimate of drug-likeness (QED) is 0.553. The monoisotopic (exact) mass is 202 g/mol. The molecular formula is C9H18N2O3. The lowest BCUT2D eigenvalue weighted by Gasteiger charge is -2.22. The fourth-order valence-electron chi connectivity index (χ4n) is 1.27. The van der Waals surface area contributed by atoms with E-state index in [1.165, 1.54) is 0 Å². The van der Waals surface area contributed by atoms with E-state index in [0.717, 1.165) is 0 Å². The summed E-state index contributed by atoms with van der Waals surface area (Å²) < 4.78 is 5.06. The smallest absolute Gasteiger partial charge is 0.408 e. The van der Waals surface area contributed by atoms with E-state index in [1.54, 1.807) is 20.8 Å². The van der Waals surface area contributed by atoms with Crippen LogP contribution in [-0.4, -0.2) is 42.0 Å². The summed E-state index contributed by atoms with van der Waals surface area (Å²) in [6.45, 7) is 6.50. The van der Waals surface area contributed by atoms with Gasteiger partial charge in [0.15, 0.2) is 0 Å². The zero-order chi connectivity index (χ0) is 10.8. The molecule has 1 aliphatic rings. The summed E-state index contributed by atoms with van der Waals surface area (Å²) in [7, 11) is 0. The molecule has 5 nitrogen and oxygen atoms in total. The van der Waals surface area contributed by atoms with Gasteiger partial charge in [-0.2, -0.15) is 0 Å². The highest BCUT2D eigenvalue weighted by Crippen LogP contribution is 2.07. The summed E-state index contributed by atoms with van der Waals surface area (Å²) in [4.78, 5) is 11.3. The minimum atomic E-state index is -0.525. The van der Waals surface area contributed by atoms with Crippen LogP contribution in [0.5, 0.6) is 0 Å². The summed E-state index contributed by atoms with van der Waals surface area (Å²) in [5.74, 6) is 0. The molecule has 0 spiro atoms. The molecule has 0 saturated carbocycles. The Bertz CT molecular complexity index is 213. The van der Waals surface area contributed by atoms with Gasteiger partial charge in [-0.3, -0.25) is 0 Å². The van der Waals surface area contributed by atoms with Crippen molar-refractivity contribution in [2.75, 3.05) is 13.1 Å². The van der Waals surface area contributed by atoms with Crippen LogP contribution in [0.1, 0.15) is 20.8 Å². The molecule has 1 unspecified atom stereocenters. The van der Waals surface area contributed by atoms with Crippen LogP contribution in [-0.2, 0) is 4.74 Å². The number of alkyl carbamates (subject to hydrolysis) is 1. The van der Waals surface area contributed by atoms with E-state index < -0.39 is 17.8 Å². The third-order valence-electron chi connectivity index (χ3n) is 1.88. The van der Waals surface area contributed by atoms with Crippen LogP contribution in [0, 0.1) is 0 Å². The number of rotatable bonds is 1. The van der Waals surface area contributed by atoms with Gasteiger partial charge in [0.25, 0.3) is 0 Å². The Labute approximate surface area is 83.8 Å². The normalized spacial score (nSPS) is 27.4. The topological polar surface area (TPSA) is 70.6 Å². The Hall–Kier alpha value is -0.810. The van der Waals surface area contributed by atoms with Crippen molar-refractivity contribution in [2.45, 2.75) is 38.5 Å². The number of hydrogen-bond acceptors (Lipinski definition) is 4. The maximum Gasteiger partial charge on any atom is 0.408 e. The number of ether oxygens (including phenoxy) is 1. The molecule has 1 fully saturated rings. The van der Waals surface area contributed by atoms with E-state index in [0.29, 0.717) is 13.1 Å². The lowest BCUT2D eigenvalue weighted by atomic mass is 10.2. The van der Waals surface area contributed by atoms with E-state index in [4.69, 9.17) is 4.74 Å². The highest BCUT2D eigenvalue weighted by atomic mass is 16.6. The number of carbonyl (C=O) groups is 1. The summed E-state index contributed by atoms with van der Waals surface area (Å²) in [6, 6.07) is -0.246. The molecule has 0 aliphatic carbocycles. The first-order chi connectivity index (χ1) is 6.38. The first-order valence-corrected chi connectivity index (χ1v) is 4.77. The molecule has 1 amide bonds. The van der Waals surface area contributed by atoms with Gasteiger partial charge in [0.2, 0.25) is 0 Å². The lowest BCUT2D eigenvalue weighted by molar-refractivity contribution is 0.0461. The maximum absolute atomic E-state index is 11.3. The molecular weight excluding hydrogens is 184 g/mol. The predicted octanol–water partition coefficient (Wildman–Crippen LogP) is -0.156. The van der Waals surface area contributed by atoms with Gasteiger partial charge in [-0.1, -0.05) is 0 Å². The second-order valence-corrected chi connectivity index (χ2v) is 4.48. The van der Waals surface area contributed by atoms with Crippen LogP contribution in [0.25, 0.3) is 0 Å². The van der Waals surface area contributed by atoms with E-state index in [9.17, 15) is 9.90 Å². The van der Waals surface area contributed by atoms with Crippen molar-refractivity contribution < 1.29 is 14.6 Å². The fraction of sp³-hybridized carbons (Fsp3) is 0.889. The van der Waals surface area contributed by atoms with Crippen molar-refractivity contribution >= 4 is 6.09 Å². The maximum atomic E-state index is 11.3. The summed E-state index contributed by atoms with van der Waals surface area (Å²) in [6.07, 6.45) is -1.01. The Kier molecular flexibility index (Phi) is 3.34. The molecule has 2 atom stereocenters. The van der Waals surface area contributed by atoms with E-state index >= 15 is 0 Å². The molecule has 0 aromatic carbocycles. The molecule has 1 saturated heterocycles. The number of aliphatic hydroxyl groups is 1. The standard InChI is InChI=1S/C9H18N2O3/c1-9(2,3)14-8(13)11-6-4-10-5-7(6)12/h6-7,10,12H,4-5H2,1-3H3,(H,11,13)/t6-,7?/m1/s1. The highest BCUT2D eigenvalue weighted by Gasteiger charge is 2.28. The molecule has 1 rings (SSSR count). The van der Waals surface area contributed by atoms with Gasteiger partial charge in [0, 0.05) is 13.1 Å². The van der Waals surface area contributed by atoms with Crippen molar-refractivity contribution in [1.29, 1.82) is 0 Å². The van der Waals surface area contributed by atoms with Gasteiger partial charge in [0.05, 0.1) is 12.1 Å². The largest absolute Gasteiger partial charge is 0.444 e. The van der Waals surface area contributed by atoms with Crippen LogP contribution >= 0.6 is 0 Å². The van der Waals surface area contributed by atoms with Crippen molar-refractivity contribution in [2.24, 2.45) is 0 Å². The molecule has 0 radical (unpaired) electrons. The van der Waals surface area contributed by atoms with E-state index in [1.807, 2.05) is 0 Å². The number of amides is 1. The molecule has 0 aromatic heterocycles. The molecule has 5 heteroatoms. The number of carbonyl (C=O) groups excluding carboxylic acids is 1. The van der Waals surface area contributed by atoms with Crippen molar-refractivity contribution in [1.82, 2.24) is 10.6 Å². The van der Waals surface area contributed by atoms with Crippen LogP contribution in [0.15, 0.2) is 0 Å². The second kappa shape index (κ2) is 4.14. The molecule has 1 heterocycles. The zero-order valence-corrected chi connectivity index (χ0v) is 8.83. The van der Waals surface area contributed by atoms with Crippen LogP contribution in [0.4, 0.5) is 4.79 Å². The van der Waals surface area contributed by atoms with Gasteiger partial charge in [0.1, 0.15) is 5.60 Å². The summed E-state index contributed by atoms with van der Waals surface area (Å²) >= 11 is 0. The van der Waals surface area contributed by atoms with Crippen molar-refractivity contribution in [3.05, 3.63) is 0 Å². The molecule has 14 heavy (non-hydrogen) atoms. The van der Waals surface area contributed by atoms with Crippen molar-refractivity contribution in [3.8, 4) is 0 Å². The Morgan fingerprint density at radius 1 is 1.50 bits per heavy atom. The first-order valence-electron chi connectivity index (χ1n) is 4.77. The van der Waals surface area contributed by atoms with Gasteiger partial charge < -0.3 is 20.5 Å². The SMILES string of the molecule is CC(C)(C)OC(=O)N[C@@H]1CNCC1O. The average Bonchev–Trinajstić information content (AvgIpc) is 2.32. The molecule has 1 aliphatic heterocycles. The Morgan fingerprint density at radius 2 is 2.14 bits per heavy atom. The number of aliphatic hydroxyl groups excluding tert-OH is 1. The van der Waals surface area contributed by atoms with Crippen LogP contribution in [0.2, 0.25) is 0 Å². The van der Waals surface area contributed by atoms with Gasteiger partial charge in [-0.05, 0) is 20.8 Å². The lowest BCUT2D eigenvalue weighted by Crippen LogP contribution is -2.45. The summed E-state index contributed by atoms with van der Waals surface area (Å²) in [5.41, 5.74) is -0.499. The average molecular weight is 202 g/mol. The first kappa shape index (κ1) is 11.3. The van der Waals surface area contributed by atoms with Crippen molar-refractivity contribution in [3.63, 3.8) is 0 Å². The number of nitrogens with one attached hydrogen (secondary N) is 2. The number of hydrogen-bond donors (Lipinski definition) is 3. The number of β-amino-alcohol motifs (C(OH)–C–C–N with tert-alkyl or cyclic N) is 1. The Balaban J connectivity index is 2.33. The fourth-order valence-corrected chi connectivity index (χ4v) is 1.27. The zero-order valence-electron chi connectivity index (χ0n) is 8.83. The van der Waals surface area contributed by atoms with Crippen LogP contribution < -0.4 is 10.6 Å². The Morgan fingerprint density at radius 3 is 2.57 bits per heavy atom. The second-order valence-electron chi connectivity index (χ2n) is 4.48. The van der Waals surface area contributed by atoms with Gasteiger partial charge >= 0.3 is 6.09 Å². The van der Waals surface area contributed by atoms with Gasteiger partial charge in [-0.25, -0.2) is 4.79 Å². The predicted molar refractivity (Wildman–Crippen MR) is 52.0 cm³/mol. The molecule has 3 N–H and O–H groups in total. The minimum absolute atomic E-state index is 0.246. The molecule has 0 bridgehead atoms. The van der Waals surface area contributed by atoms with E-state index in [-0.39, 0.29) is 6.04 Å². The third kappa shape index (κ3) is 3.51. The third-order valence-corrected chi connectivity index (χ3v) is 1.88. The molecule has 0 aromatic rings. The molecule has 82 valence electrons. The summed E-state index contributed by atoms with van der Waals surface area (Å²) in [5, 5.41) is 15.0. The van der Waals surface area contributed by atoms with Gasteiger partial charge in [-0.15, -0.1) is 0 Å². The highest BCUT2D eigenvalue weighted by molar-refractivity contribution is 5.68. The minimum Gasteiger partial charge on any atom is -0.444 e. The van der Waals surface area contributed by atoms with Crippen LogP contribution in [0.3, 0.4) is 0 Å².